The van der Waals surface area contributed by atoms with Gasteiger partial charge in [0.25, 0.3) is 10.0 Å². The van der Waals surface area contributed by atoms with Crippen LogP contribution < -0.4 is 4.72 Å². The Bertz CT molecular complexity index is 778. The lowest BCUT2D eigenvalue weighted by Gasteiger charge is -2.25. The van der Waals surface area contributed by atoms with Crippen LogP contribution in [0.15, 0.2) is 29.7 Å². The molecule has 0 aliphatic heterocycles. The standard InChI is InChI=1S/C12H16F3N5O2S/c1-11(2,20-6-4-5-16-20)8-18-23(21,22)10-9(12(13,14)15)7-17-19(10)3/h4-7,18H,8H2,1-3H3. The van der Waals surface area contributed by atoms with Gasteiger partial charge in [0.05, 0.1) is 11.7 Å². The fourth-order valence-electron chi connectivity index (χ4n) is 1.99. The van der Waals surface area contributed by atoms with Crippen molar-refractivity contribution in [3.63, 3.8) is 0 Å². The van der Waals surface area contributed by atoms with E-state index in [0.29, 0.717) is 10.9 Å². The lowest BCUT2D eigenvalue weighted by molar-refractivity contribution is -0.140. The highest BCUT2D eigenvalue weighted by Gasteiger charge is 2.40. The molecule has 11 heteroatoms. The number of alkyl halides is 3. The van der Waals surface area contributed by atoms with Crippen LogP contribution in [0.4, 0.5) is 13.2 Å². The Morgan fingerprint density at radius 2 is 1.91 bits per heavy atom. The Labute approximate surface area is 131 Å². The van der Waals surface area contributed by atoms with Gasteiger partial charge in [0.1, 0.15) is 5.56 Å². The molecule has 7 nitrogen and oxygen atoms in total. The molecule has 0 radical (unpaired) electrons. The van der Waals surface area contributed by atoms with E-state index in [1.54, 1.807) is 26.1 Å². The van der Waals surface area contributed by atoms with Crippen molar-refractivity contribution in [1.29, 1.82) is 0 Å². The minimum absolute atomic E-state index is 0.139. The van der Waals surface area contributed by atoms with Gasteiger partial charge < -0.3 is 0 Å². The van der Waals surface area contributed by atoms with Crippen molar-refractivity contribution in [2.24, 2.45) is 7.05 Å². The van der Waals surface area contributed by atoms with Crippen molar-refractivity contribution in [3.8, 4) is 0 Å². The normalized spacial score (nSPS) is 13.5. The van der Waals surface area contributed by atoms with Crippen molar-refractivity contribution in [1.82, 2.24) is 24.3 Å². The highest BCUT2D eigenvalue weighted by atomic mass is 32.2. The Kier molecular flexibility index (Phi) is 4.28. The molecule has 0 aliphatic rings. The van der Waals surface area contributed by atoms with Crippen LogP contribution in [0.5, 0.6) is 0 Å². The van der Waals surface area contributed by atoms with E-state index < -0.39 is 32.3 Å². The largest absolute Gasteiger partial charge is 0.420 e. The molecule has 0 fully saturated rings. The van der Waals surface area contributed by atoms with Crippen LogP contribution in [-0.4, -0.2) is 34.5 Å². The zero-order valence-corrected chi connectivity index (χ0v) is 13.5. The molecule has 2 aromatic heterocycles. The summed E-state index contributed by atoms with van der Waals surface area (Å²) in [7, 11) is -3.26. The molecule has 23 heavy (non-hydrogen) atoms. The lowest BCUT2D eigenvalue weighted by Crippen LogP contribution is -2.41. The fourth-order valence-corrected chi connectivity index (χ4v) is 3.52. The summed E-state index contributed by atoms with van der Waals surface area (Å²) in [6, 6.07) is 1.67. The zero-order valence-electron chi connectivity index (χ0n) is 12.7. The summed E-state index contributed by atoms with van der Waals surface area (Å²) in [5.41, 5.74) is -2.06. The summed E-state index contributed by atoms with van der Waals surface area (Å²) in [5, 5.41) is 6.50. The fraction of sp³-hybridized carbons (Fsp3) is 0.500. The number of rotatable bonds is 5. The molecule has 2 heterocycles. The average molecular weight is 351 g/mol. The van der Waals surface area contributed by atoms with Gasteiger partial charge in [0.15, 0.2) is 5.03 Å². The lowest BCUT2D eigenvalue weighted by atomic mass is 10.1. The predicted octanol–water partition coefficient (Wildman–Crippen LogP) is 1.35. The maximum Gasteiger partial charge on any atom is 0.420 e. The topological polar surface area (TPSA) is 81.8 Å². The van der Waals surface area contributed by atoms with E-state index in [-0.39, 0.29) is 6.54 Å². The molecule has 0 saturated carbocycles. The molecule has 0 spiro atoms. The van der Waals surface area contributed by atoms with Crippen molar-refractivity contribution in [2.45, 2.75) is 30.6 Å². The monoisotopic (exact) mass is 351 g/mol. The van der Waals surface area contributed by atoms with Crippen LogP contribution in [0.3, 0.4) is 0 Å². The van der Waals surface area contributed by atoms with Crippen LogP contribution in [0.2, 0.25) is 0 Å². The number of halogens is 3. The van der Waals surface area contributed by atoms with Crippen molar-refractivity contribution in [3.05, 3.63) is 30.2 Å². The first kappa shape index (κ1) is 17.5. The molecule has 0 aliphatic carbocycles. The second-order valence-corrected chi connectivity index (χ2v) is 7.25. The maximum atomic E-state index is 12.9. The molecular formula is C12H16F3N5O2S. The van der Waals surface area contributed by atoms with Crippen molar-refractivity contribution in [2.75, 3.05) is 6.54 Å². The summed E-state index contributed by atoms with van der Waals surface area (Å²) in [5.74, 6) is 0. The molecule has 128 valence electrons. The molecule has 2 aromatic rings. The Morgan fingerprint density at radius 3 is 2.43 bits per heavy atom. The molecule has 0 bridgehead atoms. The summed E-state index contributed by atoms with van der Waals surface area (Å²) in [4.78, 5) is 0. The third-order valence-corrected chi connectivity index (χ3v) is 4.78. The van der Waals surface area contributed by atoms with E-state index >= 15 is 0 Å². The van der Waals surface area contributed by atoms with E-state index in [9.17, 15) is 21.6 Å². The van der Waals surface area contributed by atoms with Gasteiger partial charge in [-0.05, 0) is 19.9 Å². The first-order chi connectivity index (χ1) is 10.5. The quantitative estimate of drug-likeness (QED) is 0.882. The number of nitrogens with zero attached hydrogens (tertiary/aromatic N) is 4. The van der Waals surface area contributed by atoms with Gasteiger partial charge in [-0.25, -0.2) is 13.1 Å². The highest BCUT2D eigenvalue weighted by molar-refractivity contribution is 7.89. The minimum Gasteiger partial charge on any atom is -0.266 e. The zero-order chi connectivity index (χ0) is 17.5. The van der Waals surface area contributed by atoms with Crippen molar-refractivity contribution >= 4 is 10.0 Å². The SMILES string of the molecule is Cn1ncc(C(F)(F)F)c1S(=O)(=O)NCC(C)(C)n1cccn1. The van der Waals surface area contributed by atoms with Gasteiger partial charge in [-0.3, -0.25) is 9.36 Å². The van der Waals surface area contributed by atoms with Crippen molar-refractivity contribution < 1.29 is 21.6 Å². The number of aryl methyl sites for hydroxylation is 1. The van der Waals surface area contributed by atoms with Gasteiger partial charge >= 0.3 is 6.18 Å². The van der Waals surface area contributed by atoms with E-state index in [1.165, 1.54) is 10.9 Å². The highest BCUT2D eigenvalue weighted by Crippen LogP contribution is 2.33. The molecule has 0 unspecified atom stereocenters. The number of hydrogen-bond donors (Lipinski definition) is 1. The van der Waals surface area contributed by atoms with E-state index in [1.807, 2.05) is 0 Å². The first-order valence-corrected chi connectivity index (χ1v) is 8.02. The second kappa shape index (κ2) is 5.64. The smallest absolute Gasteiger partial charge is 0.266 e. The van der Waals surface area contributed by atoms with E-state index in [4.69, 9.17) is 0 Å². The van der Waals surface area contributed by atoms with Gasteiger partial charge in [-0.15, -0.1) is 0 Å². The number of hydrogen-bond acceptors (Lipinski definition) is 4. The number of aromatic nitrogens is 4. The predicted molar refractivity (Wildman–Crippen MR) is 74.9 cm³/mol. The summed E-state index contributed by atoms with van der Waals surface area (Å²) >= 11 is 0. The molecule has 2 rings (SSSR count). The minimum atomic E-state index is -4.81. The number of nitrogens with one attached hydrogen (secondary N) is 1. The van der Waals surface area contributed by atoms with Crippen LogP contribution in [0.1, 0.15) is 19.4 Å². The molecule has 1 N–H and O–H groups in total. The van der Waals surface area contributed by atoms with Gasteiger partial charge in [0.2, 0.25) is 0 Å². The van der Waals surface area contributed by atoms with Crippen LogP contribution in [0, 0.1) is 0 Å². The summed E-state index contributed by atoms with van der Waals surface area (Å²) < 4.78 is 67.8. The van der Waals surface area contributed by atoms with Crippen LogP contribution in [-0.2, 0) is 28.8 Å². The summed E-state index contributed by atoms with van der Waals surface area (Å²) in [6.07, 6.45) is -1.15. The first-order valence-electron chi connectivity index (χ1n) is 6.54. The number of sulfonamides is 1. The molecular weight excluding hydrogens is 335 g/mol. The maximum absolute atomic E-state index is 12.9. The second-order valence-electron chi connectivity index (χ2n) is 5.57. The molecule has 0 atom stereocenters. The molecule has 0 amide bonds. The Morgan fingerprint density at radius 1 is 1.26 bits per heavy atom. The Balaban J connectivity index is 2.29. The third kappa shape index (κ3) is 3.55. The van der Waals surface area contributed by atoms with E-state index in [0.717, 1.165) is 7.05 Å². The van der Waals surface area contributed by atoms with Gasteiger partial charge in [-0.1, -0.05) is 0 Å². The van der Waals surface area contributed by atoms with Gasteiger partial charge in [0, 0.05) is 26.0 Å². The third-order valence-electron chi connectivity index (χ3n) is 3.26. The van der Waals surface area contributed by atoms with Gasteiger partial charge in [-0.2, -0.15) is 23.4 Å². The molecule has 0 aromatic carbocycles. The molecule has 0 saturated heterocycles. The van der Waals surface area contributed by atoms with Crippen LogP contribution in [0.25, 0.3) is 0 Å². The van der Waals surface area contributed by atoms with E-state index in [2.05, 4.69) is 14.9 Å². The Hall–Kier alpha value is -1.88. The summed E-state index contributed by atoms with van der Waals surface area (Å²) in [6.45, 7) is 3.27. The van der Waals surface area contributed by atoms with Crippen LogP contribution >= 0.6 is 0 Å². The average Bonchev–Trinajstić information content (AvgIpc) is 3.05.